The Morgan fingerprint density at radius 1 is 0.250 bits per heavy atom. The highest BCUT2D eigenvalue weighted by molar-refractivity contribution is 6.12. The van der Waals surface area contributed by atoms with Crippen LogP contribution < -0.4 is 0 Å². The van der Waals surface area contributed by atoms with Crippen LogP contribution >= 0.6 is 0 Å². The van der Waals surface area contributed by atoms with Crippen LogP contribution in [0.4, 0.5) is 0 Å². The zero-order valence-corrected chi connectivity index (χ0v) is 30.5. The number of nitrogens with zero attached hydrogens (tertiary/aromatic N) is 3. The van der Waals surface area contributed by atoms with Gasteiger partial charge in [-0.15, -0.1) is 0 Å². The van der Waals surface area contributed by atoms with Crippen molar-refractivity contribution >= 4 is 43.6 Å². The van der Waals surface area contributed by atoms with Gasteiger partial charge < -0.3 is 9.13 Å². The van der Waals surface area contributed by atoms with Gasteiger partial charge in [0.05, 0.1) is 33.5 Å². The predicted molar refractivity (Wildman–Crippen MR) is 235 cm³/mol. The monoisotopic (exact) mass is 713 g/mol. The van der Waals surface area contributed by atoms with Gasteiger partial charge in [0.1, 0.15) is 0 Å². The van der Waals surface area contributed by atoms with Crippen LogP contribution in [0.1, 0.15) is 0 Å². The first kappa shape index (κ1) is 32.0. The van der Waals surface area contributed by atoms with Crippen LogP contribution in [-0.2, 0) is 0 Å². The molecule has 11 aromatic rings. The number of fused-ring (bicyclic) bond motifs is 6. The maximum atomic E-state index is 5.17. The number of hydrogen-bond donors (Lipinski definition) is 0. The largest absolute Gasteiger partial charge is 0.309 e. The molecular weight excluding hydrogens is 679 g/mol. The minimum atomic E-state index is 0.951. The number of para-hydroxylation sites is 3. The summed E-state index contributed by atoms with van der Waals surface area (Å²) in [6, 6.07) is 76.2. The van der Waals surface area contributed by atoms with Crippen LogP contribution in [0.15, 0.2) is 212 Å². The molecule has 3 nitrogen and oxygen atoms in total. The van der Waals surface area contributed by atoms with Gasteiger partial charge in [0, 0.05) is 44.0 Å². The molecule has 0 saturated carbocycles. The molecule has 0 radical (unpaired) electrons. The topological polar surface area (TPSA) is 22.8 Å². The van der Waals surface area contributed by atoms with Crippen molar-refractivity contribution in [3.8, 4) is 56.1 Å². The van der Waals surface area contributed by atoms with E-state index in [2.05, 4.69) is 215 Å². The molecule has 0 unspecified atom stereocenters. The molecule has 0 amide bonds. The van der Waals surface area contributed by atoms with Crippen LogP contribution in [0.25, 0.3) is 99.8 Å². The van der Waals surface area contributed by atoms with Gasteiger partial charge in [0.25, 0.3) is 0 Å². The molecule has 0 N–H and O–H groups in total. The number of benzene rings is 8. The summed E-state index contributed by atoms with van der Waals surface area (Å²) in [5, 5.41) is 4.98. The highest BCUT2D eigenvalue weighted by Crippen LogP contribution is 2.39. The second-order valence-electron chi connectivity index (χ2n) is 14.4. The summed E-state index contributed by atoms with van der Waals surface area (Å²) < 4.78 is 4.76. The lowest BCUT2D eigenvalue weighted by molar-refractivity contribution is 1.18. The van der Waals surface area contributed by atoms with Gasteiger partial charge >= 0.3 is 0 Å². The van der Waals surface area contributed by atoms with E-state index in [0.29, 0.717) is 0 Å². The molecule has 8 aromatic carbocycles. The van der Waals surface area contributed by atoms with Crippen LogP contribution in [0.5, 0.6) is 0 Å². The van der Waals surface area contributed by atoms with E-state index in [1.165, 1.54) is 66.0 Å². The SMILES string of the molecule is c1ccc(-c2cc(-c3ccccc3)nc(-c3ccc(-n4c5ccccc5c5cc(-c6ccc7c(c6)c6ccccc6n7-c6ccccc6)ccc54)cc3)c2)cc1. The van der Waals surface area contributed by atoms with Gasteiger partial charge in [0.15, 0.2) is 0 Å². The standard InChI is InChI=1S/C53H35N3/c1-4-14-36(15-5-1)41-34-48(37-16-6-2-7-17-37)54-49(35-41)38-24-28-43(29-25-38)56-51-23-13-11-21-45(51)47-33-40(27-31-53(47)56)39-26-30-52-46(32-39)44-20-10-12-22-50(44)55(52)42-18-8-3-9-19-42/h1-35H. The lowest BCUT2D eigenvalue weighted by Crippen LogP contribution is -1.95. The van der Waals surface area contributed by atoms with Crippen LogP contribution in [0, 0.1) is 0 Å². The van der Waals surface area contributed by atoms with E-state index >= 15 is 0 Å². The second kappa shape index (κ2) is 13.1. The zero-order valence-electron chi connectivity index (χ0n) is 30.5. The third-order valence-corrected chi connectivity index (χ3v) is 11.1. The lowest BCUT2D eigenvalue weighted by Gasteiger charge is -2.12. The normalized spacial score (nSPS) is 11.6. The van der Waals surface area contributed by atoms with Gasteiger partial charge in [-0.25, -0.2) is 4.98 Å². The summed E-state index contributed by atoms with van der Waals surface area (Å²) in [4.78, 5) is 5.17. The first-order valence-corrected chi connectivity index (χ1v) is 19.1. The zero-order chi connectivity index (χ0) is 37.0. The van der Waals surface area contributed by atoms with E-state index in [-0.39, 0.29) is 0 Å². The van der Waals surface area contributed by atoms with Gasteiger partial charge in [-0.3, -0.25) is 0 Å². The van der Waals surface area contributed by atoms with Crippen molar-refractivity contribution in [3.63, 3.8) is 0 Å². The molecule has 0 saturated heterocycles. The van der Waals surface area contributed by atoms with Crippen molar-refractivity contribution in [1.82, 2.24) is 14.1 Å². The third-order valence-electron chi connectivity index (χ3n) is 11.1. The summed E-state index contributed by atoms with van der Waals surface area (Å²) in [7, 11) is 0. The molecule has 0 spiro atoms. The van der Waals surface area contributed by atoms with E-state index < -0.39 is 0 Å². The second-order valence-corrected chi connectivity index (χ2v) is 14.4. The van der Waals surface area contributed by atoms with Crippen molar-refractivity contribution in [2.45, 2.75) is 0 Å². The average molecular weight is 714 g/mol. The molecule has 11 rings (SSSR count). The number of rotatable bonds is 6. The van der Waals surface area contributed by atoms with Crippen molar-refractivity contribution in [2.75, 3.05) is 0 Å². The number of pyridine rings is 1. The fourth-order valence-electron chi connectivity index (χ4n) is 8.45. The maximum absolute atomic E-state index is 5.17. The van der Waals surface area contributed by atoms with Crippen molar-refractivity contribution in [1.29, 1.82) is 0 Å². The fraction of sp³-hybridized carbons (Fsp3) is 0. The molecule has 3 aromatic heterocycles. The van der Waals surface area contributed by atoms with Crippen LogP contribution in [0.3, 0.4) is 0 Å². The maximum Gasteiger partial charge on any atom is 0.0715 e. The summed E-state index contributed by atoms with van der Waals surface area (Å²) in [6.07, 6.45) is 0. The molecule has 262 valence electrons. The van der Waals surface area contributed by atoms with Crippen molar-refractivity contribution in [2.24, 2.45) is 0 Å². The molecule has 0 bridgehead atoms. The molecule has 0 fully saturated rings. The first-order valence-electron chi connectivity index (χ1n) is 19.1. The summed E-state index contributed by atoms with van der Waals surface area (Å²) in [5.41, 5.74) is 15.9. The minimum absolute atomic E-state index is 0.951. The Bertz CT molecular complexity index is 3150. The van der Waals surface area contributed by atoms with Crippen LogP contribution in [0.2, 0.25) is 0 Å². The van der Waals surface area contributed by atoms with Crippen molar-refractivity contribution < 1.29 is 0 Å². The Morgan fingerprint density at radius 2 is 0.643 bits per heavy atom. The van der Waals surface area contributed by atoms with Crippen LogP contribution in [-0.4, -0.2) is 14.1 Å². The van der Waals surface area contributed by atoms with Gasteiger partial charge in [-0.2, -0.15) is 0 Å². The Morgan fingerprint density at radius 3 is 1.18 bits per heavy atom. The fourth-order valence-corrected chi connectivity index (χ4v) is 8.45. The van der Waals surface area contributed by atoms with Gasteiger partial charge in [-0.05, 0) is 95.1 Å². The Balaban J connectivity index is 1.01. The van der Waals surface area contributed by atoms with E-state index in [4.69, 9.17) is 4.98 Å². The third kappa shape index (κ3) is 5.32. The summed E-state index contributed by atoms with van der Waals surface area (Å²) in [6.45, 7) is 0. The highest BCUT2D eigenvalue weighted by Gasteiger charge is 2.17. The minimum Gasteiger partial charge on any atom is -0.309 e. The summed E-state index contributed by atoms with van der Waals surface area (Å²) >= 11 is 0. The molecule has 0 aliphatic carbocycles. The molecule has 0 aliphatic rings. The molecule has 0 aliphatic heterocycles. The highest BCUT2D eigenvalue weighted by atomic mass is 15.0. The molecule has 56 heavy (non-hydrogen) atoms. The Hall–Kier alpha value is -7.49. The number of aromatic nitrogens is 3. The first-order chi connectivity index (χ1) is 27.8. The lowest BCUT2D eigenvalue weighted by atomic mass is 10.00. The van der Waals surface area contributed by atoms with E-state index in [1.54, 1.807) is 0 Å². The average Bonchev–Trinajstić information content (AvgIpc) is 3.79. The Labute approximate surface area is 325 Å². The van der Waals surface area contributed by atoms with Crippen molar-refractivity contribution in [3.05, 3.63) is 212 Å². The van der Waals surface area contributed by atoms with Gasteiger partial charge in [0.2, 0.25) is 0 Å². The molecular formula is C53H35N3. The smallest absolute Gasteiger partial charge is 0.0715 e. The number of hydrogen-bond acceptors (Lipinski definition) is 1. The summed E-state index contributed by atoms with van der Waals surface area (Å²) in [5.74, 6) is 0. The molecule has 0 atom stereocenters. The van der Waals surface area contributed by atoms with E-state index in [1.807, 2.05) is 6.07 Å². The molecule has 3 heterocycles. The Kier molecular flexibility index (Phi) is 7.49. The quantitative estimate of drug-likeness (QED) is 0.168. The van der Waals surface area contributed by atoms with Gasteiger partial charge in [-0.1, -0.05) is 140 Å². The van der Waals surface area contributed by atoms with E-state index in [9.17, 15) is 0 Å². The molecule has 3 heteroatoms. The predicted octanol–water partition coefficient (Wildman–Crippen LogP) is 13.9. The van der Waals surface area contributed by atoms with E-state index in [0.717, 1.165) is 33.8 Å².